The van der Waals surface area contributed by atoms with Gasteiger partial charge in [-0.3, -0.25) is 10.1 Å². The molecule has 4 heteroatoms. The number of aromatic hydroxyl groups is 1. The summed E-state index contributed by atoms with van der Waals surface area (Å²) in [5.41, 5.74) is 5.15. The van der Waals surface area contributed by atoms with Crippen LogP contribution in [0.2, 0.25) is 0 Å². The second-order valence-corrected chi connectivity index (χ2v) is 4.84. The van der Waals surface area contributed by atoms with Crippen molar-refractivity contribution < 1.29 is 14.6 Å². The van der Waals surface area contributed by atoms with E-state index in [2.05, 4.69) is 5.32 Å². The minimum Gasteiger partial charge on any atom is -0.507 e. The number of ether oxygens (including phenoxy) is 1. The summed E-state index contributed by atoms with van der Waals surface area (Å²) in [5.74, 6) is 0.132. The van der Waals surface area contributed by atoms with Crippen molar-refractivity contribution in [2.75, 3.05) is 7.11 Å². The third-order valence-corrected chi connectivity index (χ3v) is 3.96. The van der Waals surface area contributed by atoms with E-state index in [4.69, 9.17) is 4.74 Å². The van der Waals surface area contributed by atoms with E-state index < -0.39 is 0 Å². The fourth-order valence-electron chi connectivity index (χ4n) is 2.61. The fourth-order valence-corrected chi connectivity index (χ4v) is 2.61. The Bertz CT molecular complexity index is 508. The van der Waals surface area contributed by atoms with E-state index in [1.165, 1.54) is 7.11 Å². The molecule has 98 valence electrons. The molecule has 1 atom stereocenters. The van der Waals surface area contributed by atoms with Crippen LogP contribution in [0.5, 0.6) is 5.75 Å². The number of hydrogen-bond donors (Lipinski definition) is 2. The molecule has 2 rings (SSSR count). The van der Waals surface area contributed by atoms with Gasteiger partial charge >= 0.3 is 5.97 Å². The Labute approximate surface area is 107 Å². The van der Waals surface area contributed by atoms with Crippen LogP contribution in [0.1, 0.15) is 27.8 Å². The van der Waals surface area contributed by atoms with Gasteiger partial charge in [0.1, 0.15) is 11.8 Å². The quantitative estimate of drug-likeness (QED) is 0.741. The maximum Gasteiger partial charge on any atom is 0.323 e. The zero-order valence-electron chi connectivity index (χ0n) is 11.3. The monoisotopic (exact) mass is 249 g/mol. The van der Waals surface area contributed by atoms with Crippen molar-refractivity contribution >= 4 is 5.97 Å². The lowest BCUT2D eigenvalue weighted by atomic mass is 9.86. The zero-order chi connectivity index (χ0) is 13.4. The summed E-state index contributed by atoms with van der Waals surface area (Å²) in [4.78, 5) is 11.6. The van der Waals surface area contributed by atoms with Gasteiger partial charge in [0.2, 0.25) is 0 Å². The van der Waals surface area contributed by atoms with Gasteiger partial charge in [-0.05, 0) is 55.0 Å². The van der Waals surface area contributed by atoms with E-state index in [1.807, 2.05) is 20.8 Å². The SMILES string of the molecule is COC(=O)C1Cc2c(C)c(C)c(O)c(C)c2CN1. The number of methoxy groups -OCH3 is 1. The average Bonchev–Trinajstić information content (AvgIpc) is 2.41. The van der Waals surface area contributed by atoms with Gasteiger partial charge in [-0.25, -0.2) is 0 Å². The van der Waals surface area contributed by atoms with E-state index in [0.29, 0.717) is 18.7 Å². The average molecular weight is 249 g/mol. The Balaban J connectivity index is 2.47. The first-order valence-corrected chi connectivity index (χ1v) is 6.09. The number of benzene rings is 1. The summed E-state index contributed by atoms with van der Waals surface area (Å²) in [6.45, 7) is 6.41. The number of phenols is 1. The van der Waals surface area contributed by atoms with Gasteiger partial charge in [-0.2, -0.15) is 0 Å². The molecule has 0 saturated heterocycles. The topological polar surface area (TPSA) is 58.6 Å². The maximum absolute atomic E-state index is 11.6. The molecule has 0 aromatic heterocycles. The minimum absolute atomic E-state index is 0.233. The smallest absolute Gasteiger partial charge is 0.323 e. The molecular formula is C14H19NO3. The van der Waals surface area contributed by atoms with E-state index in [-0.39, 0.29) is 12.0 Å². The number of carbonyl (C=O) groups excluding carboxylic acids is 1. The predicted octanol–water partition coefficient (Wildman–Crippen LogP) is 1.50. The summed E-state index contributed by atoms with van der Waals surface area (Å²) in [7, 11) is 1.40. The summed E-state index contributed by atoms with van der Waals surface area (Å²) >= 11 is 0. The van der Waals surface area contributed by atoms with Crippen molar-refractivity contribution in [1.82, 2.24) is 5.32 Å². The molecule has 0 aliphatic carbocycles. The lowest BCUT2D eigenvalue weighted by Gasteiger charge is -2.28. The number of hydrogen-bond acceptors (Lipinski definition) is 4. The molecule has 0 radical (unpaired) electrons. The summed E-state index contributed by atoms with van der Waals surface area (Å²) < 4.78 is 4.78. The number of fused-ring (bicyclic) bond motifs is 1. The van der Waals surface area contributed by atoms with Gasteiger partial charge in [-0.15, -0.1) is 0 Å². The largest absolute Gasteiger partial charge is 0.507 e. The van der Waals surface area contributed by atoms with Crippen molar-refractivity contribution in [3.8, 4) is 5.75 Å². The third-order valence-electron chi connectivity index (χ3n) is 3.96. The first-order valence-electron chi connectivity index (χ1n) is 6.09. The first-order chi connectivity index (χ1) is 8.47. The lowest BCUT2D eigenvalue weighted by molar-refractivity contribution is -0.143. The second-order valence-electron chi connectivity index (χ2n) is 4.84. The Hall–Kier alpha value is -1.55. The molecular weight excluding hydrogens is 230 g/mol. The molecule has 18 heavy (non-hydrogen) atoms. The van der Waals surface area contributed by atoms with E-state index in [9.17, 15) is 9.90 Å². The zero-order valence-corrected chi connectivity index (χ0v) is 11.3. The summed E-state index contributed by atoms with van der Waals surface area (Å²) in [6.07, 6.45) is 0.621. The highest BCUT2D eigenvalue weighted by atomic mass is 16.5. The molecule has 1 unspecified atom stereocenters. The van der Waals surface area contributed by atoms with Crippen LogP contribution >= 0.6 is 0 Å². The van der Waals surface area contributed by atoms with Gasteiger partial charge in [-0.1, -0.05) is 0 Å². The number of nitrogens with one attached hydrogen (secondary N) is 1. The molecule has 1 aliphatic rings. The normalized spacial score (nSPS) is 18.3. The van der Waals surface area contributed by atoms with Crippen LogP contribution in [0.25, 0.3) is 0 Å². The lowest BCUT2D eigenvalue weighted by Crippen LogP contribution is -2.43. The molecule has 0 bridgehead atoms. The van der Waals surface area contributed by atoms with Crippen LogP contribution in [0.4, 0.5) is 0 Å². The molecule has 0 saturated carbocycles. The fraction of sp³-hybridized carbons (Fsp3) is 0.500. The van der Waals surface area contributed by atoms with Gasteiger partial charge in [0.15, 0.2) is 0 Å². The van der Waals surface area contributed by atoms with Crippen molar-refractivity contribution in [3.05, 3.63) is 27.8 Å². The Morgan fingerprint density at radius 2 is 1.89 bits per heavy atom. The van der Waals surface area contributed by atoms with Crippen molar-refractivity contribution in [2.45, 2.75) is 39.8 Å². The second kappa shape index (κ2) is 4.61. The summed E-state index contributed by atoms with van der Waals surface area (Å²) in [6, 6.07) is -0.287. The van der Waals surface area contributed by atoms with Crippen molar-refractivity contribution in [3.63, 3.8) is 0 Å². The van der Waals surface area contributed by atoms with Crippen LogP contribution in [0, 0.1) is 20.8 Å². The van der Waals surface area contributed by atoms with Gasteiger partial charge in [0, 0.05) is 6.54 Å². The van der Waals surface area contributed by atoms with Gasteiger partial charge in [0.05, 0.1) is 7.11 Å². The first kappa shape index (κ1) is 12.9. The van der Waals surface area contributed by atoms with E-state index >= 15 is 0 Å². The molecule has 4 nitrogen and oxygen atoms in total. The van der Waals surface area contributed by atoms with Crippen LogP contribution in [0.15, 0.2) is 0 Å². The van der Waals surface area contributed by atoms with Crippen LogP contribution in [-0.2, 0) is 22.5 Å². The molecule has 1 heterocycles. The molecule has 0 spiro atoms. The third kappa shape index (κ3) is 1.86. The molecule has 1 aliphatic heterocycles. The minimum atomic E-state index is -0.287. The standard InChI is InChI=1S/C14H19NO3/c1-7-8(2)13(16)9(3)11-6-15-12(5-10(7)11)14(17)18-4/h12,15-16H,5-6H2,1-4H3. The van der Waals surface area contributed by atoms with Gasteiger partial charge in [0.25, 0.3) is 0 Å². The van der Waals surface area contributed by atoms with Gasteiger partial charge < -0.3 is 9.84 Å². The highest BCUT2D eigenvalue weighted by molar-refractivity contribution is 5.77. The van der Waals surface area contributed by atoms with Crippen LogP contribution in [0.3, 0.4) is 0 Å². The molecule has 0 fully saturated rings. The molecule has 2 N–H and O–H groups in total. The molecule has 0 amide bonds. The number of phenolic OH excluding ortho intramolecular Hbond substituents is 1. The van der Waals surface area contributed by atoms with Crippen molar-refractivity contribution in [1.29, 1.82) is 0 Å². The Kier molecular flexibility index (Phi) is 3.30. The number of rotatable bonds is 1. The molecule has 1 aromatic carbocycles. The van der Waals surface area contributed by atoms with Crippen molar-refractivity contribution in [2.24, 2.45) is 0 Å². The molecule has 1 aromatic rings. The highest BCUT2D eigenvalue weighted by Crippen LogP contribution is 2.34. The number of esters is 1. The predicted molar refractivity (Wildman–Crippen MR) is 68.7 cm³/mol. The summed E-state index contributed by atoms with van der Waals surface area (Å²) in [5, 5.41) is 13.2. The number of carbonyl (C=O) groups is 1. The van der Waals surface area contributed by atoms with E-state index in [1.54, 1.807) is 0 Å². The maximum atomic E-state index is 11.6. The Morgan fingerprint density at radius 3 is 2.50 bits per heavy atom. The highest BCUT2D eigenvalue weighted by Gasteiger charge is 2.28. The van der Waals surface area contributed by atoms with Crippen LogP contribution in [-0.4, -0.2) is 24.2 Å². The Morgan fingerprint density at radius 1 is 1.22 bits per heavy atom. The van der Waals surface area contributed by atoms with E-state index in [0.717, 1.165) is 27.8 Å². The van der Waals surface area contributed by atoms with Crippen LogP contribution < -0.4 is 5.32 Å².